The van der Waals surface area contributed by atoms with Crippen molar-refractivity contribution in [3.05, 3.63) is 12.2 Å². The van der Waals surface area contributed by atoms with Crippen LogP contribution in [-0.4, -0.2) is 12.4 Å². The van der Waals surface area contributed by atoms with Crippen LogP contribution >= 0.6 is 9.47 Å². The lowest BCUT2D eigenvalue weighted by molar-refractivity contribution is -0.107. The highest BCUT2D eigenvalue weighted by molar-refractivity contribution is 7.09. The van der Waals surface area contributed by atoms with Crippen molar-refractivity contribution in [1.82, 2.24) is 0 Å². The monoisotopic (exact) mass is 212 g/mol. The highest BCUT2D eigenvalue weighted by Gasteiger charge is 1.87. The molecule has 0 aromatic carbocycles. The summed E-state index contributed by atoms with van der Waals surface area (Å²) in [5.41, 5.74) is 0. The normalized spacial score (nSPS) is 12.1. The lowest BCUT2D eigenvalue weighted by Gasteiger charge is -1.95. The quantitative estimate of drug-likeness (QED) is 0.292. The molecule has 0 aromatic heterocycles. The Balaban J connectivity index is 3.42. The fraction of sp³-hybridized carbons (Fsp3) is 0.545. The van der Waals surface area contributed by atoms with Gasteiger partial charge in [0.2, 0.25) is 0 Å². The Morgan fingerprint density at radius 2 is 2.14 bits per heavy atom. The Bertz CT molecular complexity index is 225. The maximum Gasteiger partial charge on any atom is 0.119 e. The number of unbranched alkanes of at least 4 members (excludes halogenated alkanes) is 3. The standard InChI is InChI=1S/C11H17O2P/c1-11(13-14)9-7-5-3-2-4-6-8-10-12/h3,5,10-11H,2,4,6,8,14H2,1H3/b5-3-. The number of carbonyl (C=O) groups is 1. The Morgan fingerprint density at radius 1 is 1.43 bits per heavy atom. The first kappa shape index (κ1) is 13.4. The molecule has 0 saturated carbocycles. The number of hydrogen-bond acceptors (Lipinski definition) is 2. The van der Waals surface area contributed by atoms with Crippen molar-refractivity contribution < 1.29 is 9.32 Å². The van der Waals surface area contributed by atoms with Crippen LogP contribution < -0.4 is 0 Å². The van der Waals surface area contributed by atoms with Gasteiger partial charge >= 0.3 is 0 Å². The molecule has 0 saturated heterocycles. The predicted octanol–water partition coefficient (Wildman–Crippen LogP) is 2.50. The van der Waals surface area contributed by atoms with Crippen LogP contribution in [0.15, 0.2) is 12.2 Å². The molecule has 0 heterocycles. The first-order chi connectivity index (χ1) is 6.81. The van der Waals surface area contributed by atoms with Gasteiger partial charge in [-0.15, -0.1) is 0 Å². The summed E-state index contributed by atoms with van der Waals surface area (Å²) in [6, 6.07) is 0. The SMILES string of the molecule is CC(C#C/C=C\CCCCC=O)OP. The van der Waals surface area contributed by atoms with E-state index in [2.05, 4.69) is 21.3 Å². The Kier molecular flexibility index (Phi) is 9.96. The largest absolute Gasteiger partial charge is 0.350 e. The zero-order valence-electron chi connectivity index (χ0n) is 8.53. The van der Waals surface area contributed by atoms with Gasteiger partial charge in [-0.05, 0) is 32.3 Å². The summed E-state index contributed by atoms with van der Waals surface area (Å²) in [7, 11) is 2.19. The van der Waals surface area contributed by atoms with Crippen molar-refractivity contribution in [3.63, 3.8) is 0 Å². The minimum Gasteiger partial charge on any atom is -0.350 e. The number of carbonyl (C=O) groups excluding carboxylic acids is 1. The van der Waals surface area contributed by atoms with Crippen molar-refractivity contribution in [2.45, 2.75) is 38.7 Å². The molecule has 2 unspecified atom stereocenters. The molecule has 0 aliphatic carbocycles. The van der Waals surface area contributed by atoms with Gasteiger partial charge in [0.15, 0.2) is 0 Å². The fourth-order valence-electron chi connectivity index (χ4n) is 0.832. The van der Waals surface area contributed by atoms with Gasteiger partial charge in [-0.2, -0.15) is 0 Å². The maximum atomic E-state index is 9.99. The molecule has 0 amide bonds. The van der Waals surface area contributed by atoms with E-state index < -0.39 is 0 Å². The van der Waals surface area contributed by atoms with Gasteiger partial charge in [-0.3, -0.25) is 0 Å². The van der Waals surface area contributed by atoms with E-state index in [1.165, 1.54) is 0 Å². The van der Waals surface area contributed by atoms with Crippen LogP contribution in [0.2, 0.25) is 0 Å². The van der Waals surface area contributed by atoms with Crippen molar-refractivity contribution in [1.29, 1.82) is 0 Å². The van der Waals surface area contributed by atoms with Gasteiger partial charge in [-0.1, -0.05) is 17.9 Å². The Labute approximate surface area is 88.4 Å². The molecule has 2 nitrogen and oxygen atoms in total. The molecule has 0 N–H and O–H groups in total. The van der Waals surface area contributed by atoms with E-state index >= 15 is 0 Å². The van der Waals surface area contributed by atoms with Crippen molar-refractivity contribution in [2.75, 3.05) is 0 Å². The fourth-order valence-corrected chi connectivity index (χ4v) is 0.900. The van der Waals surface area contributed by atoms with E-state index in [0.717, 1.165) is 25.5 Å². The molecule has 0 radical (unpaired) electrons. The van der Waals surface area contributed by atoms with E-state index in [9.17, 15) is 4.79 Å². The van der Waals surface area contributed by atoms with Crippen LogP contribution in [-0.2, 0) is 9.32 Å². The van der Waals surface area contributed by atoms with E-state index in [1.54, 1.807) is 0 Å². The van der Waals surface area contributed by atoms with Crippen molar-refractivity contribution in [2.24, 2.45) is 0 Å². The van der Waals surface area contributed by atoms with E-state index in [1.807, 2.05) is 19.1 Å². The summed E-state index contributed by atoms with van der Waals surface area (Å²) in [5, 5.41) is 0. The van der Waals surface area contributed by atoms with Gasteiger partial charge in [-0.25, -0.2) is 0 Å². The van der Waals surface area contributed by atoms with Crippen LogP contribution in [0, 0.1) is 11.8 Å². The topological polar surface area (TPSA) is 26.3 Å². The Hall–Kier alpha value is -0.640. The molecule has 2 atom stereocenters. The smallest absolute Gasteiger partial charge is 0.119 e. The van der Waals surface area contributed by atoms with Gasteiger partial charge in [0.1, 0.15) is 12.4 Å². The van der Waals surface area contributed by atoms with Gasteiger partial charge < -0.3 is 9.32 Å². The van der Waals surface area contributed by atoms with E-state index in [4.69, 9.17) is 4.52 Å². The van der Waals surface area contributed by atoms with Crippen molar-refractivity contribution in [3.8, 4) is 11.8 Å². The second-order valence-corrected chi connectivity index (χ2v) is 3.19. The summed E-state index contributed by atoms with van der Waals surface area (Å²) < 4.78 is 4.88. The van der Waals surface area contributed by atoms with Gasteiger partial charge in [0.05, 0.1) is 0 Å². The molecule has 0 aromatic rings. The molecule has 78 valence electrons. The number of hydrogen-bond donors (Lipinski definition) is 0. The molecule has 3 heteroatoms. The second-order valence-electron chi connectivity index (χ2n) is 2.92. The zero-order chi connectivity index (χ0) is 10.6. The van der Waals surface area contributed by atoms with Gasteiger partial charge in [0.25, 0.3) is 0 Å². The molecular weight excluding hydrogens is 195 g/mol. The van der Waals surface area contributed by atoms with Crippen LogP contribution in [0.25, 0.3) is 0 Å². The maximum absolute atomic E-state index is 9.99. The molecule has 0 rings (SSSR count). The predicted molar refractivity (Wildman–Crippen MR) is 61.7 cm³/mol. The average molecular weight is 212 g/mol. The average Bonchev–Trinajstić information content (AvgIpc) is 2.21. The molecule has 14 heavy (non-hydrogen) atoms. The third-order valence-corrected chi connectivity index (χ3v) is 2.04. The van der Waals surface area contributed by atoms with Crippen LogP contribution in [0.5, 0.6) is 0 Å². The highest BCUT2D eigenvalue weighted by atomic mass is 31.0. The molecule has 0 aliphatic rings. The van der Waals surface area contributed by atoms with Crippen molar-refractivity contribution >= 4 is 15.8 Å². The van der Waals surface area contributed by atoms with Crippen LogP contribution in [0.3, 0.4) is 0 Å². The minimum atomic E-state index is -0.0419. The minimum absolute atomic E-state index is 0.0419. The van der Waals surface area contributed by atoms with E-state index in [0.29, 0.717) is 6.42 Å². The number of rotatable bonds is 6. The summed E-state index contributed by atoms with van der Waals surface area (Å²) in [6.45, 7) is 1.89. The Morgan fingerprint density at radius 3 is 2.79 bits per heavy atom. The first-order valence-corrected chi connectivity index (χ1v) is 5.23. The summed E-state index contributed by atoms with van der Waals surface area (Å²) >= 11 is 0. The molecule has 0 fully saturated rings. The zero-order valence-corrected chi connectivity index (χ0v) is 9.69. The lowest BCUT2D eigenvalue weighted by Crippen LogP contribution is -1.94. The molecular formula is C11H17O2P. The van der Waals surface area contributed by atoms with Crippen LogP contribution in [0.1, 0.15) is 32.6 Å². The summed E-state index contributed by atoms with van der Waals surface area (Å²) in [5.74, 6) is 5.79. The number of aldehydes is 1. The molecule has 0 spiro atoms. The lowest BCUT2D eigenvalue weighted by atomic mass is 10.2. The van der Waals surface area contributed by atoms with Gasteiger partial charge in [0, 0.05) is 15.9 Å². The highest BCUT2D eigenvalue weighted by Crippen LogP contribution is 1.98. The first-order valence-electron chi connectivity index (χ1n) is 4.76. The second kappa shape index (κ2) is 10.4. The number of allylic oxidation sites excluding steroid dienone is 2. The van der Waals surface area contributed by atoms with Crippen LogP contribution in [0.4, 0.5) is 0 Å². The third-order valence-electron chi connectivity index (χ3n) is 1.63. The third kappa shape index (κ3) is 9.45. The summed E-state index contributed by atoms with van der Waals surface area (Å²) in [6.07, 6.45) is 8.44. The molecule has 0 aliphatic heterocycles. The summed E-state index contributed by atoms with van der Waals surface area (Å²) in [4.78, 5) is 9.99. The van der Waals surface area contributed by atoms with E-state index in [-0.39, 0.29) is 6.10 Å². The molecule has 0 bridgehead atoms.